The predicted molar refractivity (Wildman–Crippen MR) is 127 cm³/mol. The second-order valence-corrected chi connectivity index (χ2v) is 8.78. The summed E-state index contributed by atoms with van der Waals surface area (Å²) in [6, 6.07) is 18.4. The van der Waals surface area contributed by atoms with Crippen LogP contribution < -0.4 is 14.7 Å². The highest BCUT2D eigenvalue weighted by atomic mass is 16.2. The highest BCUT2D eigenvalue weighted by Crippen LogP contribution is 2.48. The van der Waals surface area contributed by atoms with E-state index in [0.717, 1.165) is 47.1 Å². The van der Waals surface area contributed by atoms with Crippen LogP contribution in [0, 0.1) is 0 Å². The van der Waals surface area contributed by atoms with E-state index in [2.05, 4.69) is 45.6 Å². The lowest BCUT2D eigenvalue weighted by Gasteiger charge is -2.40. The Balaban J connectivity index is 1.51. The zero-order valence-corrected chi connectivity index (χ0v) is 18.3. The molecule has 32 heavy (non-hydrogen) atoms. The molecule has 0 bridgehead atoms. The van der Waals surface area contributed by atoms with Crippen LogP contribution in [0.3, 0.4) is 0 Å². The number of rotatable bonds is 3. The average Bonchev–Trinajstić information content (AvgIpc) is 3.61. The molecule has 6 rings (SSSR count). The first kappa shape index (κ1) is 19.0. The van der Waals surface area contributed by atoms with Gasteiger partial charge in [-0.05, 0) is 49.6 Å². The normalized spacial score (nSPS) is 22.2. The van der Waals surface area contributed by atoms with Gasteiger partial charge < -0.3 is 14.7 Å². The second-order valence-electron chi connectivity index (χ2n) is 8.78. The first-order valence-electron chi connectivity index (χ1n) is 11.1. The Kier molecular flexibility index (Phi) is 4.12. The van der Waals surface area contributed by atoms with Crippen LogP contribution in [0.5, 0.6) is 0 Å². The zero-order chi connectivity index (χ0) is 22.0. The summed E-state index contributed by atoms with van der Waals surface area (Å²) >= 11 is 0. The second kappa shape index (κ2) is 6.92. The molecule has 0 saturated heterocycles. The number of aromatic nitrogens is 2. The molecule has 1 amide bonds. The van der Waals surface area contributed by atoms with Crippen molar-refractivity contribution < 1.29 is 4.79 Å². The summed E-state index contributed by atoms with van der Waals surface area (Å²) < 4.78 is 0. The van der Waals surface area contributed by atoms with Crippen molar-refractivity contribution in [2.75, 3.05) is 21.7 Å². The van der Waals surface area contributed by atoms with Crippen molar-refractivity contribution in [3.05, 3.63) is 84.2 Å². The SMILES string of the molecule is C=C1c2ccccc2C(c2ccccn2)N1c1ccc2c(n1)N(C1CC1)C(C)C(=O)N2C. The highest BCUT2D eigenvalue weighted by Gasteiger charge is 2.43. The van der Waals surface area contributed by atoms with Gasteiger partial charge in [-0.2, -0.15) is 0 Å². The summed E-state index contributed by atoms with van der Waals surface area (Å²) in [5.41, 5.74) is 5.02. The first-order valence-corrected chi connectivity index (χ1v) is 11.1. The van der Waals surface area contributed by atoms with E-state index < -0.39 is 0 Å². The van der Waals surface area contributed by atoms with Gasteiger partial charge in [-0.3, -0.25) is 9.78 Å². The Labute approximate surface area is 187 Å². The lowest BCUT2D eigenvalue weighted by molar-refractivity contribution is -0.119. The van der Waals surface area contributed by atoms with Crippen molar-refractivity contribution in [1.82, 2.24) is 9.97 Å². The predicted octanol–water partition coefficient (Wildman–Crippen LogP) is 4.39. The molecule has 1 aromatic carbocycles. The number of carbonyl (C=O) groups excluding carboxylic acids is 1. The molecule has 1 fully saturated rings. The fourth-order valence-corrected chi connectivity index (χ4v) is 5.08. The van der Waals surface area contributed by atoms with Gasteiger partial charge in [0.2, 0.25) is 5.91 Å². The topological polar surface area (TPSA) is 52.6 Å². The quantitative estimate of drug-likeness (QED) is 0.625. The van der Waals surface area contributed by atoms with Gasteiger partial charge >= 0.3 is 0 Å². The van der Waals surface area contributed by atoms with Gasteiger partial charge in [0.05, 0.1) is 11.4 Å². The van der Waals surface area contributed by atoms with Gasteiger partial charge in [-0.1, -0.05) is 36.9 Å². The Hall–Kier alpha value is -3.67. The van der Waals surface area contributed by atoms with E-state index >= 15 is 0 Å². The van der Waals surface area contributed by atoms with Crippen molar-refractivity contribution in [3.8, 4) is 0 Å². The Morgan fingerprint density at radius 2 is 1.81 bits per heavy atom. The Morgan fingerprint density at radius 1 is 1.03 bits per heavy atom. The van der Waals surface area contributed by atoms with Crippen LogP contribution in [0.15, 0.2) is 67.4 Å². The lowest BCUT2D eigenvalue weighted by atomic mass is 10.0. The smallest absolute Gasteiger partial charge is 0.249 e. The van der Waals surface area contributed by atoms with E-state index in [1.165, 1.54) is 5.56 Å². The number of hydrogen-bond donors (Lipinski definition) is 0. The maximum atomic E-state index is 12.8. The van der Waals surface area contributed by atoms with E-state index in [-0.39, 0.29) is 18.0 Å². The molecular weight excluding hydrogens is 398 g/mol. The molecule has 4 heterocycles. The van der Waals surface area contributed by atoms with Crippen molar-refractivity contribution in [1.29, 1.82) is 0 Å². The van der Waals surface area contributed by atoms with E-state index in [1.807, 2.05) is 50.5 Å². The molecular formula is C26H25N5O. The number of nitrogens with zero attached hydrogens (tertiary/aromatic N) is 5. The molecule has 0 N–H and O–H groups in total. The van der Waals surface area contributed by atoms with Crippen LogP contribution in [-0.2, 0) is 4.79 Å². The van der Waals surface area contributed by atoms with E-state index in [4.69, 9.17) is 4.98 Å². The molecule has 6 nitrogen and oxygen atoms in total. The monoisotopic (exact) mass is 423 g/mol. The van der Waals surface area contributed by atoms with Crippen molar-refractivity contribution >= 4 is 28.9 Å². The van der Waals surface area contributed by atoms with E-state index in [1.54, 1.807) is 4.90 Å². The Bertz CT molecular complexity index is 1240. The number of amides is 1. The Morgan fingerprint density at radius 3 is 2.56 bits per heavy atom. The largest absolute Gasteiger partial charge is 0.340 e. The first-order chi connectivity index (χ1) is 15.6. The van der Waals surface area contributed by atoms with Crippen molar-refractivity contribution in [2.45, 2.75) is 37.9 Å². The molecule has 6 heteroatoms. The zero-order valence-electron chi connectivity index (χ0n) is 18.3. The third-order valence-corrected chi connectivity index (χ3v) is 6.82. The molecule has 3 aliphatic rings. The van der Waals surface area contributed by atoms with Crippen molar-refractivity contribution in [3.63, 3.8) is 0 Å². The molecule has 2 aliphatic heterocycles. The standard InChI is InChI=1S/C26H25N5O/c1-16-19-8-4-5-9-20(19)24(21-10-6-7-15-27-21)31(16)23-14-13-22-25(28-23)30(18-11-12-18)17(2)26(32)29(22)3/h4-10,13-15,17-18,24H,1,11-12H2,2-3H3. The van der Waals surface area contributed by atoms with Gasteiger partial charge in [-0.25, -0.2) is 4.98 Å². The number of hydrogen-bond acceptors (Lipinski definition) is 5. The molecule has 2 unspecified atom stereocenters. The van der Waals surface area contributed by atoms with Crippen LogP contribution in [-0.4, -0.2) is 35.0 Å². The minimum absolute atomic E-state index is 0.0970. The average molecular weight is 424 g/mol. The summed E-state index contributed by atoms with van der Waals surface area (Å²) in [4.78, 5) is 28.8. The van der Waals surface area contributed by atoms with Crippen LogP contribution in [0.4, 0.5) is 17.3 Å². The third-order valence-electron chi connectivity index (χ3n) is 6.82. The molecule has 1 saturated carbocycles. The van der Waals surface area contributed by atoms with E-state index in [9.17, 15) is 4.79 Å². The fraction of sp³-hybridized carbons (Fsp3) is 0.269. The highest BCUT2D eigenvalue weighted by molar-refractivity contribution is 6.04. The van der Waals surface area contributed by atoms with E-state index in [0.29, 0.717) is 6.04 Å². The van der Waals surface area contributed by atoms with Gasteiger partial charge in [-0.15, -0.1) is 0 Å². The molecule has 0 radical (unpaired) electrons. The molecule has 0 spiro atoms. The summed E-state index contributed by atoms with van der Waals surface area (Å²) in [5.74, 6) is 1.81. The molecule has 2 atom stereocenters. The fourth-order valence-electron chi connectivity index (χ4n) is 5.08. The molecule has 3 aromatic rings. The number of pyridine rings is 2. The van der Waals surface area contributed by atoms with Gasteiger partial charge in [0.15, 0.2) is 5.82 Å². The van der Waals surface area contributed by atoms with Crippen LogP contribution in [0.25, 0.3) is 5.70 Å². The number of fused-ring (bicyclic) bond motifs is 2. The maximum absolute atomic E-state index is 12.8. The van der Waals surface area contributed by atoms with Crippen molar-refractivity contribution in [2.24, 2.45) is 0 Å². The van der Waals surface area contributed by atoms with Gasteiger partial charge in [0, 0.05) is 30.5 Å². The number of anilines is 3. The lowest BCUT2D eigenvalue weighted by Crippen LogP contribution is -2.52. The third kappa shape index (κ3) is 2.68. The summed E-state index contributed by atoms with van der Waals surface area (Å²) in [7, 11) is 1.84. The number of carbonyl (C=O) groups is 1. The molecule has 160 valence electrons. The number of benzene rings is 1. The summed E-state index contributed by atoms with van der Waals surface area (Å²) in [6.07, 6.45) is 4.03. The maximum Gasteiger partial charge on any atom is 0.249 e. The van der Waals surface area contributed by atoms with Crippen LogP contribution in [0.2, 0.25) is 0 Å². The minimum atomic E-state index is -0.215. The summed E-state index contributed by atoms with van der Waals surface area (Å²) in [5, 5.41) is 0. The molecule has 2 aromatic heterocycles. The van der Waals surface area contributed by atoms with Crippen LogP contribution >= 0.6 is 0 Å². The number of likely N-dealkylation sites (N-methyl/N-ethyl adjacent to an activating group) is 1. The van der Waals surface area contributed by atoms with Gasteiger partial charge in [0.25, 0.3) is 0 Å². The molecule has 1 aliphatic carbocycles. The van der Waals surface area contributed by atoms with Crippen LogP contribution in [0.1, 0.15) is 42.6 Å². The van der Waals surface area contributed by atoms with Gasteiger partial charge in [0.1, 0.15) is 17.9 Å². The minimum Gasteiger partial charge on any atom is -0.340 e. The summed E-state index contributed by atoms with van der Waals surface area (Å²) in [6.45, 7) is 6.41.